The van der Waals surface area contributed by atoms with Crippen LogP contribution >= 0.6 is 0 Å². The molecule has 0 aliphatic carbocycles. The summed E-state index contributed by atoms with van der Waals surface area (Å²) in [6, 6.07) is 22.0. The lowest BCUT2D eigenvalue weighted by Gasteiger charge is -2.17. The summed E-state index contributed by atoms with van der Waals surface area (Å²) in [4.78, 5) is 11.4. The van der Waals surface area contributed by atoms with E-state index in [1.165, 1.54) is 31.4 Å². The summed E-state index contributed by atoms with van der Waals surface area (Å²) in [5, 5.41) is 8.08. The Morgan fingerprint density at radius 2 is 1.50 bits per heavy atom. The fourth-order valence-electron chi connectivity index (χ4n) is 3.01. The number of hydrogen-bond acceptors (Lipinski definition) is 5. The maximum absolute atomic E-state index is 13.1. The van der Waals surface area contributed by atoms with Crippen LogP contribution in [0, 0.1) is 0 Å². The largest absolute Gasteiger partial charge is 0.497 e. The van der Waals surface area contributed by atoms with Crippen LogP contribution in [0.15, 0.2) is 83.8 Å². The number of benzene rings is 3. The quantitative estimate of drug-likeness (QED) is 0.550. The van der Waals surface area contributed by atoms with Crippen LogP contribution in [0.2, 0.25) is 0 Å². The van der Waals surface area contributed by atoms with Gasteiger partial charge in [-0.3, -0.25) is 4.79 Å². The number of carboxylic acids is 1. The summed E-state index contributed by atoms with van der Waals surface area (Å²) >= 11 is 0. The Morgan fingerprint density at radius 3 is 2.07 bits per heavy atom. The molecule has 0 fully saturated rings. The molecular weight excluding hydrogens is 404 g/mol. The van der Waals surface area contributed by atoms with Gasteiger partial charge in [-0.05, 0) is 47.5 Å². The molecule has 3 aromatic rings. The summed E-state index contributed by atoms with van der Waals surface area (Å²) in [6.45, 7) is 0.378. The zero-order valence-electron chi connectivity index (χ0n) is 16.4. The van der Waals surface area contributed by atoms with E-state index in [-0.39, 0.29) is 4.90 Å². The number of rotatable bonds is 9. The molecule has 156 valence electrons. The minimum atomic E-state index is -3.92. The molecule has 0 amide bonds. The number of hydrogen-bond donors (Lipinski definition) is 1. The van der Waals surface area contributed by atoms with E-state index in [9.17, 15) is 18.3 Å². The van der Waals surface area contributed by atoms with E-state index in [2.05, 4.69) is 0 Å². The third-order valence-electron chi connectivity index (χ3n) is 4.62. The predicted molar refractivity (Wildman–Crippen MR) is 112 cm³/mol. The van der Waals surface area contributed by atoms with Crippen molar-refractivity contribution in [3.8, 4) is 11.5 Å². The van der Waals surface area contributed by atoms with Gasteiger partial charge in [-0.15, -0.1) is 0 Å². The molecule has 0 bridgehead atoms. The van der Waals surface area contributed by atoms with E-state index in [1.807, 2.05) is 30.3 Å². The van der Waals surface area contributed by atoms with Crippen LogP contribution in [0.3, 0.4) is 0 Å². The molecule has 0 saturated carbocycles. The molecule has 1 N–H and O–H groups in total. The van der Waals surface area contributed by atoms with Crippen LogP contribution in [0.25, 0.3) is 0 Å². The molecule has 1 unspecified atom stereocenters. The third-order valence-corrected chi connectivity index (χ3v) is 6.74. The van der Waals surface area contributed by atoms with Crippen molar-refractivity contribution in [3.63, 3.8) is 0 Å². The van der Waals surface area contributed by atoms with Gasteiger partial charge in [-0.1, -0.05) is 42.5 Å². The van der Waals surface area contributed by atoms with Gasteiger partial charge >= 0.3 is 5.97 Å². The van der Waals surface area contributed by atoms with Gasteiger partial charge in [-0.25, -0.2) is 8.42 Å². The highest BCUT2D eigenvalue weighted by Crippen LogP contribution is 2.33. The maximum atomic E-state index is 13.1. The average molecular weight is 426 g/mol. The van der Waals surface area contributed by atoms with Gasteiger partial charge in [0, 0.05) is 0 Å². The Morgan fingerprint density at radius 1 is 0.900 bits per heavy atom. The predicted octanol–water partition coefficient (Wildman–Crippen LogP) is 4.26. The van der Waals surface area contributed by atoms with E-state index < -0.39 is 27.5 Å². The lowest BCUT2D eigenvalue weighted by Crippen LogP contribution is -2.17. The Labute approximate surface area is 175 Å². The molecule has 0 aliphatic rings. The van der Waals surface area contributed by atoms with Gasteiger partial charge in [0.1, 0.15) is 23.4 Å². The molecular formula is C23H22O6S. The first-order chi connectivity index (χ1) is 14.4. The molecule has 3 rings (SSSR count). The molecule has 1 atom stereocenters. The standard InChI is InChI=1S/C23H22O6S/c1-28-19-11-13-21(14-12-19)30(26,27)22(15-23(24)25)18-7-9-20(10-8-18)29-16-17-5-3-2-4-6-17/h2-14,22H,15-16H2,1H3,(H,24,25). The van der Waals surface area contributed by atoms with Crippen molar-refractivity contribution in [2.75, 3.05) is 7.11 Å². The van der Waals surface area contributed by atoms with Gasteiger partial charge < -0.3 is 14.6 Å². The maximum Gasteiger partial charge on any atom is 0.305 e. The Balaban J connectivity index is 1.83. The zero-order chi connectivity index (χ0) is 21.6. The lowest BCUT2D eigenvalue weighted by atomic mass is 10.1. The summed E-state index contributed by atoms with van der Waals surface area (Å²) < 4.78 is 37.0. The van der Waals surface area contributed by atoms with Crippen molar-refractivity contribution in [2.24, 2.45) is 0 Å². The Bertz CT molecular complexity index is 1070. The fourth-order valence-corrected chi connectivity index (χ4v) is 4.74. The topological polar surface area (TPSA) is 89.9 Å². The molecule has 0 saturated heterocycles. The van der Waals surface area contributed by atoms with Gasteiger partial charge in [0.15, 0.2) is 9.84 Å². The molecule has 6 nitrogen and oxygen atoms in total. The highest BCUT2D eigenvalue weighted by atomic mass is 32.2. The second-order valence-corrected chi connectivity index (χ2v) is 8.78. The summed E-state index contributed by atoms with van der Waals surface area (Å²) in [5.74, 6) is -0.108. The van der Waals surface area contributed by atoms with Gasteiger partial charge in [0.25, 0.3) is 0 Å². The van der Waals surface area contributed by atoms with Crippen LogP contribution in [0.4, 0.5) is 0 Å². The van der Waals surface area contributed by atoms with E-state index >= 15 is 0 Å². The fraction of sp³-hybridized carbons (Fsp3) is 0.174. The molecule has 30 heavy (non-hydrogen) atoms. The summed E-state index contributed by atoms with van der Waals surface area (Å²) in [5.41, 5.74) is 1.40. The SMILES string of the molecule is COc1ccc(S(=O)(=O)C(CC(=O)O)c2ccc(OCc3ccccc3)cc2)cc1. The zero-order valence-corrected chi connectivity index (χ0v) is 17.2. The first kappa shape index (κ1) is 21.4. The summed E-state index contributed by atoms with van der Waals surface area (Å²) in [6.07, 6.45) is -0.543. The monoisotopic (exact) mass is 426 g/mol. The Hall–Kier alpha value is -3.32. The van der Waals surface area contributed by atoms with E-state index in [0.717, 1.165) is 5.56 Å². The van der Waals surface area contributed by atoms with Crippen molar-refractivity contribution < 1.29 is 27.8 Å². The molecule has 7 heteroatoms. The number of methoxy groups -OCH3 is 1. The van der Waals surface area contributed by atoms with Crippen molar-refractivity contribution >= 4 is 15.8 Å². The number of carbonyl (C=O) groups is 1. The number of sulfone groups is 1. The number of ether oxygens (including phenoxy) is 2. The lowest BCUT2D eigenvalue weighted by molar-refractivity contribution is -0.137. The van der Waals surface area contributed by atoms with Crippen LogP contribution < -0.4 is 9.47 Å². The first-order valence-electron chi connectivity index (χ1n) is 9.26. The van der Waals surface area contributed by atoms with Crippen molar-refractivity contribution in [1.29, 1.82) is 0 Å². The molecule has 3 aromatic carbocycles. The van der Waals surface area contributed by atoms with E-state index in [4.69, 9.17) is 9.47 Å². The van der Waals surface area contributed by atoms with Gasteiger partial charge in [0.2, 0.25) is 0 Å². The molecule has 0 aliphatic heterocycles. The van der Waals surface area contributed by atoms with Crippen LogP contribution in [0.1, 0.15) is 22.8 Å². The Kier molecular flexibility index (Phi) is 6.74. The number of carboxylic acid groups (broad SMARTS) is 1. The normalized spacial score (nSPS) is 12.2. The molecule has 0 spiro atoms. The average Bonchev–Trinajstić information content (AvgIpc) is 2.77. The molecule has 0 radical (unpaired) electrons. The van der Waals surface area contributed by atoms with Gasteiger partial charge in [0.05, 0.1) is 18.4 Å². The second-order valence-electron chi connectivity index (χ2n) is 6.65. The molecule has 0 heterocycles. The van der Waals surface area contributed by atoms with Crippen molar-refractivity contribution in [3.05, 3.63) is 90.0 Å². The van der Waals surface area contributed by atoms with Crippen LogP contribution in [-0.4, -0.2) is 26.6 Å². The van der Waals surface area contributed by atoms with E-state index in [0.29, 0.717) is 23.7 Å². The highest BCUT2D eigenvalue weighted by Gasteiger charge is 2.31. The first-order valence-corrected chi connectivity index (χ1v) is 10.8. The summed E-state index contributed by atoms with van der Waals surface area (Å²) in [7, 11) is -2.44. The van der Waals surface area contributed by atoms with Crippen molar-refractivity contribution in [1.82, 2.24) is 0 Å². The van der Waals surface area contributed by atoms with Gasteiger partial charge in [-0.2, -0.15) is 0 Å². The minimum absolute atomic E-state index is 0.0407. The highest BCUT2D eigenvalue weighted by molar-refractivity contribution is 7.91. The minimum Gasteiger partial charge on any atom is -0.497 e. The number of aliphatic carboxylic acids is 1. The second kappa shape index (κ2) is 9.45. The third kappa shape index (κ3) is 5.18. The molecule has 0 aromatic heterocycles. The smallest absolute Gasteiger partial charge is 0.305 e. The van der Waals surface area contributed by atoms with E-state index in [1.54, 1.807) is 24.3 Å². The van der Waals surface area contributed by atoms with Crippen LogP contribution in [-0.2, 0) is 21.2 Å². The van der Waals surface area contributed by atoms with Crippen LogP contribution in [0.5, 0.6) is 11.5 Å². The van der Waals surface area contributed by atoms with Crippen molar-refractivity contribution in [2.45, 2.75) is 23.2 Å².